The molecule has 2 amide bonds. The van der Waals surface area contributed by atoms with Crippen LogP contribution in [0, 0.1) is 20.2 Å². The van der Waals surface area contributed by atoms with Gasteiger partial charge in [-0.3, -0.25) is 25.1 Å². The van der Waals surface area contributed by atoms with Crippen LogP contribution in [-0.4, -0.2) is 82.4 Å². The summed E-state index contributed by atoms with van der Waals surface area (Å²) in [5.41, 5.74) is -0.817. The molecular formula is C22H21N5O10S. The Morgan fingerprint density at radius 1 is 0.816 bits per heavy atom. The number of rotatable bonds is 7. The molecule has 200 valence electrons. The van der Waals surface area contributed by atoms with Gasteiger partial charge in [0.05, 0.1) is 21.0 Å². The molecule has 2 rings (SSSR count). The summed E-state index contributed by atoms with van der Waals surface area (Å²) in [5, 5.41) is 21.3. The van der Waals surface area contributed by atoms with Gasteiger partial charge in [-0.2, -0.15) is 4.99 Å². The molecule has 0 aliphatic rings. The molecule has 2 aromatic carbocycles. The number of carbonyl (C=O) groups excluding carboxylic acids is 4. The van der Waals surface area contributed by atoms with Crippen LogP contribution in [0.15, 0.2) is 53.5 Å². The zero-order chi connectivity index (χ0) is 28.4. The predicted octanol–water partition coefficient (Wildman–Crippen LogP) is 3.34. The molecule has 0 radical (unpaired) electrons. The zero-order valence-corrected chi connectivity index (χ0v) is 21.1. The fourth-order valence-corrected chi connectivity index (χ4v) is 3.20. The molecule has 0 bridgehead atoms. The highest BCUT2D eigenvalue weighted by atomic mass is 32.2. The second-order valence-corrected chi connectivity index (χ2v) is 8.25. The molecule has 0 spiro atoms. The van der Waals surface area contributed by atoms with Crippen LogP contribution in [-0.2, 0) is 9.47 Å². The third-order valence-corrected chi connectivity index (χ3v) is 5.26. The SMILES string of the molecule is CS/C(=N\C(=O)OC(=O)c1ccc([N+](=O)[O-])cc1)N(CCN(C)C)C(=O)OC(=O)c1ccc([N+](=O)[O-])cc1. The number of nitro groups is 2. The monoisotopic (exact) mass is 547 g/mol. The van der Waals surface area contributed by atoms with Crippen LogP contribution in [0.4, 0.5) is 21.0 Å². The van der Waals surface area contributed by atoms with Gasteiger partial charge >= 0.3 is 24.1 Å². The van der Waals surface area contributed by atoms with Gasteiger partial charge in [0, 0.05) is 37.4 Å². The molecule has 0 aliphatic heterocycles. The first-order valence-electron chi connectivity index (χ1n) is 10.5. The third kappa shape index (κ3) is 8.45. The summed E-state index contributed by atoms with van der Waals surface area (Å²) < 4.78 is 9.51. The van der Waals surface area contributed by atoms with Gasteiger partial charge < -0.3 is 14.4 Å². The van der Waals surface area contributed by atoms with E-state index in [1.54, 1.807) is 19.0 Å². The topological polar surface area (TPSA) is 192 Å². The molecule has 0 saturated carbocycles. The van der Waals surface area contributed by atoms with Crippen LogP contribution in [0.25, 0.3) is 0 Å². The van der Waals surface area contributed by atoms with Crippen molar-refractivity contribution in [1.82, 2.24) is 9.80 Å². The Morgan fingerprint density at radius 3 is 1.66 bits per heavy atom. The van der Waals surface area contributed by atoms with E-state index in [4.69, 9.17) is 4.74 Å². The number of hydrogen-bond donors (Lipinski definition) is 0. The molecule has 0 aromatic heterocycles. The van der Waals surface area contributed by atoms with Crippen LogP contribution in [0.2, 0.25) is 0 Å². The highest BCUT2D eigenvalue weighted by Gasteiger charge is 2.26. The van der Waals surface area contributed by atoms with E-state index in [0.29, 0.717) is 0 Å². The summed E-state index contributed by atoms with van der Waals surface area (Å²) in [6, 6.07) is 8.66. The van der Waals surface area contributed by atoms with Gasteiger partial charge in [0.1, 0.15) is 0 Å². The minimum Gasteiger partial charge on any atom is -0.372 e. The van der Waals surface area contributed by atoms with Gasteiger partial charge in [-0.05, 0) is 44.6 Å². The second-order valence-electron chi connectivity index (χ2n) is 7.47. The number of nitrogens with zero attached hydrogens (tertiary/aromatic N) is 5. The van der Waals surface area contributed by atoms with Gasteiger partial charge in [-0.25, -0.2) is 19.2 Å². The number of hydrogen-bond acceptors (Lipinski definition) is 12. The highest BCUT2D eigenvalue weighted by molar-refractivity contribution is 8.13. The van der Waals surface area contributed by atoms with Crippen molar-refractivity contribution in [2.75, 3.05) is 33.4 Å². The maximum atomic E-state index is 12.8. The lowest BCUT2D eigenvalue weighted by Crippen LogP contribution is -2.41. The first-order chi connectivity index (χ1) is 17.9. The normalized spacial score (nSPS) is 11.0. The molecule has 38 heavy (non-hydrogen) atoms. The summed E-state index contributed by atoms with van der Waals surface area (Å²) in [6.45, 7) is 0.180. The van der Waals surface area contributed by atoms with E-state index >= 15 is 0 Å². The quantitative estimate of drug-likeness (QED) is 0.123. The average Bonchev–Trinajstić information content (AvgIpc) is 2.87. The minimum atomic E-state index is -1.39. The first-order valence-corrected chi connectivity index (χ1v) is 11.7. The van der Waals surface area contributed by atoms with Crippen LogP contribution < -0.4 is 0 Å². The fraction of sp³-hybridized carbons (Fsp3) is 0.227. The summed E-state index contributed by atoms with van der Waals surface area (Å²) >= 11 is 0.826. The van der Waals surface area contributed by atoms with Crippen LogP contribution in [0.5, 0.6) is 0 Å². The van der Waals surface area contributed by atoms with Crippen molar-refractivity contribution < 1.29 is 38.5 Å². The van der Waals surface area contributed by atoms with Gasteiger partial charge in [-0.15, -0.1) is 0 Å². The molecule has 0 unspecified atom stereocenters. The summed E-state index contributed by atoms with van der Waals surface area (Å²) in [7, 11) is 3.41. The molecule has 15 nitrogen and oxygen atoms in total. The van der Waals surface area contributed by atoms with Crippen molar-refractivity contribution in [1.29, 1.82) is 0 Å². The Hall–Kier alpha value is -4.70. The van der Waals surface area contributed by atoms with Gasteiger partial charge in [0.25, 0.3) is 11.4 Å². The molecule has 0 atom stereocenters. The van der Waals surface area contributed by atoms with Crippen molar-refractivity contribution in [2.24, 2.45) is 4.99 Å². The lowest BCUT2D eigenvalue weighted by atomic mass is 10.2. The molecule has 0 heterocycles. The maximum Gasteiger partial charge on any atom is 0.444 e. The van der Waals surface area contributed by atoms with Gasteiger partial charge in [0.15, 0.2) is 5.17 Å². The second kappa shape index (κ2) is 13.6. The average molecular weight is 548 g/mol. The summed E-state index contributed by atoms with van der Waals surface area (Å²) in [6.07, 6.45) is -1.11. The maximum absolute atomic E-state index is 12.8. The third-order valence-electron chi connectivity index (χ3n) is 4.58. The Morgan fingerprint density at radius 2 is 1.26 bits per heavy atom. The van der Waals surface area contributed by atoms with E-state index in [1.165, 1.54) is 6.26 Å². The number of esters is 2. The number of benzene rings is 2. The van der Waals surface area contributed by atoms with Crippen molar-refractivity contribution in [3.8, 4) is 0 Å². The summed E-state index contributed by atoms with van der Waals surface area (Å²) in [5.74, 6) is -2.24. The van der Waals surface area contributed by atoms with E-state index in [9.17, 15) is 39.4 Å². The molecule has 0 saturated heterocycles. The molecule has 0 fully saturated rings. The molecular weight excluding hydrogens is 526 g/mol. The minimum absolute atomic E-state index is 0.0807. The van der Waals surface area contributed by atoms with Crippen LogP contribution >= 0.6 is 11.8 Å². The van der Waals surface area contributed by atoms with E-state index in [1.807, 2.05) is 0 Å². The van der Waals surface area contributed by atoms with Gasteiger partial charge in [-0.1, -0.05) is 11.8 Å². The number of carbonyl (C=O) groups is 4. The fourth-order valence-electron chi connectivity index (χ4n) is 2.65. The number of aliphatic imine (C=N–C) groups is 1. The zero-order valence-electron chi connectivity index (χ0n) is 20.3. The van der Waals surface area contributed by atoms with E-state index < -0.39 is 34.0 Å². The largest absolute Gasteiger partial charge is 0.444 e. The van der Waals surface area contributed by atoms with E-state index in [2.05, 4.69) is 9.73 Å². The number of amides is 2. The molecule has 2 aromatic rings. The Balaban J connectivity index is 2.19. The Bertz CT molecular complexity index is 1260. The molecule has 0 N–H and O–H groups in total. The standard InChI is InChI=1S/C22H21N5O10S/c1-24(2)12-13-25(22(31)37-19(29)15-6-10-17(11-7-15)27(34)35)20(38-3)23-21(30)36-18(28)14-4-8-16(9-5-14)26(32)33/h4-11H,12-13H2,1-3H3/b23-20-. The van der Waals surface area contributed by atoms with Gasteiger partial charge in [0.2, 0.25) is 0 Å². The number of ether oxygens (including phenoxy) is 2. The lowest BCUT2D eigenvalue weighted by Gasteiger charge is -2.23. The van der Waals surface area contributed by atoms with Crippen molar-refractivity contribution in [2.45, 2.75) is 0 Å². The van der Waals surface area contributed by atoms with Crippen molar-refractivity contribution in [3.05, 3.63) is 79.9 Å². The molecule has 16 heteroatoms. The number of non-ortho nitro benzene ring substituents is 2. The van der Waals surface area contributed by atoms with Crippen LogP contribution in [0.3, 0.4) is 0 Å². The van der Waals surface area contributed by atoms with E-state index in [-0.39, 0.29) is 40.8 Å². The number of nitro benzene ring substituents is 2. The lowest BCUT2D eigenvalue weighted by molar-refractivity contribution is -0.385. The highest BCUT2D eigenvalue weighted by Crippen LogP contribution is 2.16. The smallest absolute Gasteiger partial charge is 0.372 e. The Kier molecular flexibility index (Phi) is 10.5. The first kappa shape index (κ1) is 29.5. The van der Waals surface area contributed by atoms with E-state index in [0.717, 1.165) is 65.2 Å². The predicted molar refractivity (Wildman–Crippen MR) is 134 cm³/mol. The van der Waals surface area contributed by atoms with Crippen molar-refractivity contribution in [3.63, 3.8) is 0 Å². The summed E-state index contributed by atoms with van der Waals surface area (Å²) in [4.78, 5) is 76.1. The number of amidine groups is 1. The Labute approximate surface area is 219 Å². The van der Waals surface area contributed by atoms with Crippen molar-refractivity contribution >= 4 is 52.4 Å². The molecule has 0 aliphatic carbocycles. The number of likely N-dealkylation sites (N-methyl/N-ethyl adjacent to an activating group) is 1. The number of thioether (sulfide) groups is 1. The van der Waals surface area contributed by atoms with Crippen LogP contribution in [0.1, 0.15) is 20.7 Å².